The van der Waals surface area contributed by atoms with E-state index in [2.05, 4.69) is 4.72 Å². The smallest absolute Gasteiger partial charge is 0.301 e. The Morgan fingerprint density at radius 2 is 2.16 bits per heavy atom. The van der Waals surface area contributed by atoms with Gasteiger partial charge in [0, 0.05) is 13.1 Å². The molecule has 1 aromatic carbocycles. The predicted octanol–water partition coefficient (Wildman–Crippen LogP) is 1.23. The first-order chi connectivity index (χ1) is 9.01. The van der Waals surface area contributed by atoms with E-state index in [1.54, 1.807) is 6.07 Å². The summed E-state index contributed by atoms with van der Waals surface area (Å²) in [6, 6.07) is 5.51. The molecule has 3 N–H and O–H groups in total. The second-order valence-corrected chi connectivity index (χ2v) is 5.77. The van der Waals surface area contributed by atoms with Gasteiger partial charge in [0.1, 0.15) is 5.82 Å². The third kappa shape index (κ3) is 4.77. The maximum Gasteiger partial charge on any atom is 0.301 e. The Balaban J connectivity index is 3.00. The lowest BCUT2D eigenvalue weighted by molar-refractivity contribution is 0.573. The maximum absolute atomic E-state index is 13.2. The molecule has 0 unspecified atom stereocenters. The van der Waals surface area contributed by atoms with E-state index >= 15 is 0 Å². The quantitative estimate of drug-likeness (QED) is 0.755. The molecule has 108 valence electrons. The van der Waals surface area contributed by atoms with E-state index in [1.807, 2.05) is 6.92 Å². The van der Waals surface area contributed by atoms with Crippen molar-refractivity contribution in [2.45, 2.75) is 19.8 Å². The van der Waals surface area contributed by atoms with Crippen LogP contribution in [0.15, 0.2) is 24.3 Å². The van der Waals surface area contributed by atoms with Crippen LogP contribution in [0.3, 0.4) is 0 Å². The van der Waals surface area contributed by atoms with Crippen LogP contribution < -0.4 is 14.8 Å². The van der Waals surface area contributed by atoms with Gasteiger partial charge in [-0.1, -0.05) is 13.0 Å². The van der Waals surface area contributed by atoms with E-state index < -0.39 is 16.0 Å². The van der Waals surface area contributed by atoms with E-state index in [9.17, 15) is 12.8 Å². The minimum absolute atomic E-state index is 0.221. The van der Waals surface area contributed by atoms with E-state index in [-0.39, 0.29) is 6.54 Å². The van der Waals surface area contributed by atoms with E-state index in [0.29, 0.717) is 31.6 Å². The van der Waals surface area contributed by atoms with Crippen molar-refractivity contribution in [2.24, 2.45) is 5.73 Å². The summed E-state index contributed by atoms with van der Waals surface area (Å²) in [5.74, 6) is -0.471. The predicted molar refractivity (Wildman–Crippen MR) is 74.6 cm³/mol. The zero-order chi connectivity index (χ0) is 14.3. The van der Waals surface area contributed by atoms with Gasteiger partial charge >= 0.3 is 10.2 Å². The molecule has 0 aliphatic heterocycles. The molecule has 0 spiro atoms. The monoisotopic (exact) mass is 289 g/mol. The molecule has 0 aliphatic carbocycles. The minimum Gasteiger partial charge on any atom is -0.330 e. The standard InChI is InChI=1S/C12H20FN3O2S/c1-2-8-15-19(17,18)16(9-4-7-14)12-6-3-5-11(13)10-12/h3,5-6,10,15H,2,4,7-9,14H2,1H3. The molecule has 0 bridgehead atoms. The normalized spacial score (nSPS) is 11.5. The summed E-state index contributed by atoms with van der Waals surface area (Å²) in [6.45, 7) is 2.81. The topological polar surface area (TPSA) is 75.4 Å². The van der Waals surface area contributed by atoms with Gasteiger partial charge in [0.05, 0.1) is 5.69 Å². The van der Waals surface area contributed by atoms with Crippen molar-refractivity contribution in [3.05, 3.63) is 30.1 Å². The Labute approximate surface area is 113 Å². The number of benzene rings is 1. The van der Waals surface area contributed by atoms with Gasteiger partial charge in [0.15, 0.2) is 0 Å². The highest BCUT2D eigenvalue weighted by Crippen LogP contribution is 2.18. The van der Waals surface area contributed by atoms with Crippen LogP contribution >= 0.6 is 0 Å². The average molecular weight is 289 g/mol. The number of anilines is 1. The highest BCUT2D eigenvalue weighted by molar-refractivity contribution is 7.90. The second kappa shape index (κ2) is 7.42. The van der Waals surface area contributed by atoms with Crippen molar-refractivity contribution in [3.8, 4) is 0 Å². The number of nitrogens with two attached hydrogens (primary N) is 1. The number of halogens is 1. The number of hydrogen-bond donors (Lipinski definition) is 2. The zero-order valence-corrected chi connectivity index (χ0v) is 11.8. The number of hydrogen-bond acceptors (Lipinski definition) is 3. The molecule has 5 nitrogen and oxygen atoms in total. The molecular weight excluding hydrogens is 269 g/mol. The summed E-state index contributed by atoms with van der Waals surface area (Å²) in [6.07, 6.45) is 1.19. The molecule has 19 heavy (non-hydrogen) atoms. The van der Waals surface area contributed by atoms with Crippen LogP contribution in [0.1, 0.15) is 19.8 Å². The highest BCUT2D eigenvalue weighted by atomic mass is 32.2. The van der Waals surface area contributed by atoms with Gasteiger partial charge in [-0.2, -0.15) is 13.1 Å². The van der Waals surface area contributed by atoms with Crippen LogP contribution in [0.25, 0.3) is 0 Å². The van der Waals surface area contributed by atoms with Crippen LogP contribution in [0.5, 0.6) is 0 Å². The molecule has 0 aliphatic rings. The van der Waals surface area contributed by atoms with Crippen molar-refractivity contribution < 1.29 is 12.8 Å². The van der Waals surface area contributed by atoms with Crippen molar-refractivity contribution in [1.82, 2.24) is 4.72 Å². The van der Waals surface area contributed by atoms with Gasteiger partial charge in [-0.25, -0.2) is 4.39 Å². The lowest BCUT2D eigenvalue weighted by Gasteiger charge is -2.24. The third-order valence-corrected chi connectivity index (χ3v) is 4.03. The van der Waals surface area contributed by atoms with Crippen LogP contribution in [-0.4, -0.2) is 28.1 Å². The van der Waals surface area contributed by atoms with Crippen molar-refractivity contribution in [3.63, 3.8) is 0 Å². The van der Waals surface area contributed by atoms with Crippen LogP contribution in [0.4, 0.5) is 10.1 Å². The highest BCUT2D eigenvalue weighted by Gasteiger charge is 2.21. The lowest BCUT2D eigenvalue weighted by Crippen LogP contribution is -2.42. The fraction of sp³-hybridized carbons (Fsp3) is 0.500. The first-order valence-electron chi connectivity index (χ1n) is 6.24. The molecule has 1 rings (SSSR count). The molecular formula is C12H20FN3O2S. The molecule has 0 heterocycles. The van der Waals surface area contributed by atoms with E-state index in [1.165, 1.54) is 18.2 Å². The van der Waals surface area contributed by atoms with Gasteiger partial charge in [-0.15, -0.1) is 0 Å². The van der Waals surface area contributed by atoms with Gasteiger partial charge in [0.25, 0.3) is 0 Å². The van der Waals surface area contributed by atoms with Gasteiger partial charge in [-0.3, -0.25) is 4.31 Å². The summed E-state index contributed by atoms with van der Waals surface area (Å²) in [5.41, 5.74) is 5.72. The fourth-order valence-corrected chi connectivity index (χ4v) is 2.94. The number of rotatable bonds is 8. The molecule has 0 saturated carbocycles. The van der Waals surface area contributed by atoms with Crippen LogP contribution in [0, 0.1) is 5.82 Å². The lowest BCUT2D eigenvalue weighted by atomic mass is 10.3. The van der Waals surface area contributed by atoms with Crippen molar-refractivity contribution in [2.75, 3.05) is 23.9 Å². The Hall–Kier alpha value is -1.18. The second-order valence-electron chi connectivity index (χ2n) is 4.09. The van der Waals surface area contributed by atoms with Gasteiger partial charge in [0.2, 0.25) is 0 Å². The van der Waals surface area contributed by atoms with Crippen molar-refractivity contribution >= 4 is 15.9 Å². The largest absolute Gasteiger partial charge is 0.330 e. The summed E-state index contributed by atoms with van der Waals surface area (Å²) >= 11 is 0. The molecule has 0 radical (unpaired) electrons. The molecule has 0 aromatic heterocycles. The maximum atomic E-state index is 13.2. The van der Waals surface area contributed by atoms with E-state index in [0.717, 1.165) is 4.31 Å². The number of nitrogens with zero attached hydrogens (tertiary/aromatic N) is 1. The SMILES string of the molecule is CCCNS(=O)(=O)N(CCCN)c1cccc(F)c1. The molecule has 0 saturated heterocycles. The van der Waals surface area contributed by atoms with Gasteiger partial charge < -0.3 is 5.73 Å². The summed E-state index contributed by atoms with van der Waals surface area (Å²) in [7, 11) is -3.67. The van der Waals surface area contributed by atoms with Crippen LogP contribution in [-0.2, 0) is 10.2 Å². The Morgan fingerprint density at radius 1 is 1.42 bits per heavy atom. The van der Waals surface area contributed by atoms with Gasteiger partial charge in [-0.05, 0) is 37.6 Å². The third-order valence-electron chi connectivity index (χ3n) is 2.49. The minimum atomic E-state index is -3.67. The Kier molecular flexibility index (Phi) is 6.20. The zero-order valence-electron chi connectivity index (χ0n) is 11.0. The first kappa shape index (κ1) is 15.9. The summed E-state index contributed by atoms with van der Waals surface area (Å²) in [4.78, 5) is 0. The van der Waals surface area contributed by atoms with Crippen molar-refractivity contribution in [1.29, 1.82) is 0 Å². The van der Waals surface area contributed by atoms with Crippen LogP contribution in [0.2, 0.25) is 0 Å². The molecule has 0 amide bonds. The summed E-state index contributed by atoms with van der Waals surface area (Å²) in [5, 5.41) is 0. The summed E-state index contributed by atoms with van der Waals surface area (Å²) < 4.78 is 41.2. The average Bonchev–Trinajstić information content (AvgIpc) is 2.37. The fourth-order valence-electron chi connectivity index (χ4n) is 1.56. The van der Waals surface area contributed by atoms with E-state index in [4.69, 9.17) is 5.73 Å². The first-order valence-corrected chi connectivity index (χ1v) is 7.68. The molecule has 7 heteroatoms. The molecule has 0 atom stereocenters. The Bertz CT molecular complexity index is 494. The molecule has 0 fully saturated rings. The molecule has 1 aromatic rings. The Morgan fingerprint density at radius 3 is 2.74 bits per heavy atom. The number of nitrogens with one attached hydrogen (secondary N) is 1.